The van der Waals surface area contributed by atoms with Crippen LogP contribution in [0.2, 0.25) is 0 Å². The van der Waals surface area contributed by atoms with Crippen LogP contribution in [0.5, 0.6) is 0 Å². The van der Waals surface area contributed by atoms with Gasteiger partial charge in [-0.1, -0.05) is 97.9 Å². The second kappa shape index (κ2) is 15.4. The van der Waals surface area contributed by atoms with Gasteiger partial charge in [0.05, 0.1) is 28.3 Å². The molecule has 0 aliphatic heterocycles. The summed E-state index contributed by atoms with van der Waals surface area (Å²) in [7, 11) is 9.53. The number of nitrogens with one attached hydrogen (secondary N) is 1. The molecule has 220 valence electrons. The third-order valence-electron chi connectivity index (χ3n) is 7.19. The van der Waals surface area contributed by atoms with Crippen LogP contribution in [-0.2, 0) is 18.7 Å². The van der Waals surface area contributed by atoms with Crippen molar-refractivity contribution >= 4 is 37.3 Å². The molecule has 0 spiro atoms. The van der Waals surface area contributed by atoms with Crippen molar-refractivity contribution in [1.29, 1.82) is 0 Å². The fourth-order valence-corrected chi connectivity index (χ4v) is 4.92. The number of para-hydroxylation sites is 2. The third-order valence-corrected chi connectivity index (χ3v) is 7.19. The Morgan fingerprint density at radius 3 is 1.55 bits per heavy atom. The number of benzene rings is 2. The second-order valence-corrected chi connectivity index (χ2v) is 13.9. The number of rotatable bonds is 9. The van der Waals surface area contributed by atoms with Crippen molar-refractivity contribution in [2.75, 3.05) is 5.32 Å². The van der Waals surface area contributed by atoms with Gasteiger partial charge in [0, 0.05) is 5.69 Å². The predicted octanol–water partition coefficient (Wildman–Crippen LogP) is 11.4. The van der Waals surface area contributed by atoms with E-state index in [4.69, 9.17) is 30.2 Å². The van der Waals surface area contributed by atoms with Crippen LogP contribution >= 0.6 is 20.2 Å². The van der Waals surface area contributed by atoms with E-state index >= 15 is 0 Å². The van der Waals surface area contributed by atoms with Gasteiger partial charge in [-0.25, -0.2) is 4.98 Å². The average molecular weight is 625 g/mol. The van der Waals surface area contributed by atoms with Gasteiger partial charge in [0.1, 0.15) is 0 Å². The van der Waals surface area contributed by atoms with Gasteiger partial charge in [-0.05, 0) is 78.8 Å². The summed E-state index contributed by atoms with van der Waals surface area (Å²) < 4.78 is 0. The van der Waals surface area contributed by atoms with Crippen molar-refractivity contribution in [1.82, 2.24) is 4.98 Å². The summed E-state index contributed by atoms with van der Waals surface area (Å²) in [5.74, 6) is 1.68. The Balaban J connectivity index is 0.00000178. The van der Waals surface area contributed by atoms with E-state index in [-0.39, 0.29) is 18.7 Å². The maximum absolute atomic E-state index is 5.19. The van der Waals surface area contributed by atoms with Gasteiger partial charge in [0.15, 0.2) is 0 Å². The van der Waals surface area contributed by atoms with Crippen molar-refractivity contribution < 1.29 is 13.1 Å². The fourth-order valence-electron chi connectivity index (χ4n) is 4.92. The number of anilines is 1. The van der Waals surface area contributed by atoms with E-state index < -0.39 is 0 Å². The van der Waals surface area contributed by atoms with E-state index in [2.05, 4.69) is 136 Å². The number of hydrogen-bond acceptors (Lipinski definition) is 3. The molecule has 1 N–H and O–H groups in total. The average Bonchev–Trinajstić information content (AvgIpc) is 2.88. The summed E-state index contributed by atoms with van der Waals surface area (Å²) in [6, 6.07) is 19.5. The molecule has 0 fully saturated rings. The standard InChI is InChI=1S/C34H47N3.2ClH.Fe/c1-21(2)26-15-12-16-27(22(3)4)32(26)35-25(9)30-19-14-20-31(36-30)34(10,11)37-33-28(23(5)6)17-13-18-29(33)24(7)8;;;/h12-24,37H,1-11H3;2*1H;/q;;;+2/p-2. The van der Waals surface area contributed by atoms with Crippen LogP contribution in [0.25, 0.3) is 0 Å². The third kappa shape index (κ3) is 8.83. The van der Waals surface area contributed by atoms with Crippen molar-refractivity contribution in [3.63, 3.8) is 0 Å². The fraction of sp³-hybridized carbons (Fsp3) is 0.471. The monoisotopic (exact) mass is 623 g/mol. The maximum atomic E-state index is 5.19. The Morgan fingerprint density at radius 1 is 0.725 bits per heavy atom. The molecule has 0 aliphatic rings. The summed E-state index contributed by atoms with van der Waals surface area (Å²) in [6.07, 6.45) is 0. The van der Waals surface area contributed by atoms with Crippen molar-refractivity contribution in [3.8, 4) is 0 Å². The Labute approximate surface area is 258 Å². The summed E-state index contributed by atoms with van der Waals surface area (Å²) in [5.41, 5.74) is 10.1. The number of halogens is 2. The van der Waals surface area contributed by atoms with Crippen LogP contribution in [0.3, 0.4) is 0 Å². The zero-order valence-corrected chi connectivity index (χ0v) is 28.6. The topological polar surface area (TPSA) is 37.3 Å². The van der Waals surface area contributed by atoms with Gasteiger partial charge in [-0.2, -0.15) is 0 Å². The van der Waals surface area contributed by atoms with Crippen LogP contribution in [0, 0.1) is 0 Å². The van der Waals surface area contributed by atoms with Crippen LogP contribution in [0.4, 0.5) is 11.4 Å². The minimum absolute atomic E-state index is 0.194. The Hall–Kier alpha value is -1.84. The first-order valence-electron chi connectivity index (χ1n) is 14.2. The van der Waals surface area contributed by atoms with E-state index in [0.29, 0.717) is 23.7 Å². The van der Waals surface area contributed by atoms with Crippen molar-refractivity contribution in [3.05, 3.63) is 88.2 Å². The Bertz CT molecular complexity index is 1230. The molecule has 3 aromatic rings. The number of aromatic nitrogens is 1. The van der Waals surface area contributed by atoms with E-state index in [9.17, 15) is 0 Å². The molecule has 0 radical (unpaired) electrons. The molecule has 40 heavy (non-hydrogen) atoms. The van der Waals surface area contributed by atoms with Crippen LogP contribution in [0.15, 0.2) is 59.6 Å². The predicted molar refractivity (Wildman–Crippen MR) is 174 cm³/mol. The Morgan fingerprint density at radius 2 is 1.12 bits per heavy atom. The molecule has 1 heterocycles. The molecule has 0 aliphatic carbocycles. The van der Waals surface area contributed by atoms with Gasteiger partial charge >= 0.3 is 33.3 Å². The van der Waals surface area contributed by atoms with E-state index in [1.54, 1.807) is 0 Å². The van der Waals surface area contributed by atoms with Crippen LogP contribution < -0.4 is 5.32 Å². The molecular formula is C34H47Cl2FeN3. The number of nitrogens with zero attached hydrogens (tertiary/aromatic N) is 2. The zero-order chi connectivity index (χ0) is 30.2. The number of pyridine rings is 1. The molecule has 0 atom stereocenters. The number of hydrogen-bond donors (Lipinski definition) is 1. The molecule has 3 nitrogen and oxygen atoms in total. The first kappa shape index (κ1) is 34.4. The van der Waals surface area contributed by atoms with E-state index in [1.807, 2.05) is 0 Å². The SMILES string of the molecule is CC(=Nc1c(C(C)C)cccc1C(C)C)c1cccc(C(C)(C)Nc2c(C(C)C)cccc2C(C)C)n1.[Cl][Fe][Cl]. The second-order valence-electron chi connectivity index (χ2n) is 12.1. The normalized spacial score (nSPS) is 12.4. The molecule has 6 heteroatoms. The van der Waals surface area contributed by atoms with Crippen LogP contribution in [-0.4, -0.2) is 10.7 Å². The first-order valence-corrected chi connectivity index (χ1v) is 17.2. The molecule has 1 aromatic heterocycles. The van der Waals surface area contributed by atoms with Crippen LogP contribution in [0.1, 0.15) is 133 Å². The van der Waals surface area contributed by atoms with Crippen molar-refractivity contribution in [2.45, 2.75) is 105 Å². The molecule has 0 bridgehead atoms. The van der Waals surface area contributed by atoms with Gasteiger partial charge in [0.25, 0.3) is 0 Å². The molecule has 3 rings (SSSR count). The molecule has 2 aromatic carbocycles. The summed E-state index contributed by atoms with van der Waals surface area (Å²) in [5, 5.41) is 3.90. The zero-order valence-electron chi connectivity index (χ0n) is 26.0. The molecule has 0 saturated heterocycles. The van der Waals surface area contributed by atoms with Gasteiger partial charge in [0.2, 0.25) is 0 Å². The minimum atomic E-state index is -0.357. The van der Waals surface area contributed by atoms with Gasteiger partial charge in [-0.15, -0.1) is 0 Å². The number of aliphatic imine (C=N–C) groups is 1. The van der Waals surface area contributed by atoms with Gasteiger partial charge < -0.3 is 5.32 Å². The van der Waals surface area contributed by atoms with E-state index in [1.165, 1.54) is 27.9 Å². The Kier molecular flexibility index (Phi) is 13.2. The molecule has 0 unspecified atom stereocenters. The summed E-state index contributed by atoms with van der Waals surface area (Å²) in [4.78, 5) is 10.3. The first-order chi connectivity index (χ1) is 18.7. The molecule has 0 saturated carbocycles. The summed E-state index contributed by atoms with van der Waals surface area (Å²) in [6.45, 7) is 24.5. The quantitative estimate of drug-likeness (QED) is 0.190. The van der Waals surface area contributed by atoms with Crippen molar-refractivity contribution in [2.24, 2.45) is 4.99 Å². The molecular weight excluding hydrogens is 577 g/mol. The summed E-state index contributed by atoms with van der Waals surface area (Å²) >= 11 is 0.194. The van der Waals surface area contributed by atoms with E-state index in [0.717, 1.165) is 22.8 Å². The molecule has 0 amide bonds. The van der Waals surface area contributed by atoms with Gasteiger partial charge in [-0.3, -0.25) is 4.99 Å².